The Morgan fingerprint density at radius 3 is 2.68 bits per heavy atom. The molecule has 3 aromatic rings. The van der Waals surface area contributed by atoms with Crippen molar-refractivity contribution in [3.8, 4) is 17.2 Å². The monoisotopic (exact) mass is 417 g/mol. The van der Waals surface area contributed by atoms with Crippen molar-refractivity contribution in [2.24, 2.45) is 0 Å². The lowest BCUT2D eigenvalue weighted by molar-refractivity contribution is 0.101. The Morgan fingerprint density at radius 2 is 1.97 bits per heavy atom. The van der Waals surface area contributed by atoms with E-state index in [1.54, 1.807) is 13.2 Å². The molecule has 0 saturated carbocycles. The van der Waals surface area contributed by atoms with Gasteiger partial charge >= 0.3 is 0 Å². The Hall–Kier alpha value is -3.47. The molecule has 0 bridgehead atoms. The van der Waals surface area contributed by atoms with Crippen LogP contribution in [0.1, 0.15) is 42.3 Å². The van der Waals surface area contributed by atoms with E-state index in [9.17, 15) is 4.79 Å². The van der Waals surface area contributed by atoms with E-state index in [1.807, 2.05) is 63.4 Å². The summed E-state index contributed by atoms with van der Waals surface area (Å²) in [6.45, 7) is 9.36. The molecule has 0 saturated heterocycles. The van der Waals surface area contributed by atoms with Gasteiger partial charge in [0.05, 0.1) is 12.7 Å². The maximum absolute atomic E-state index is 13.1. The van der Waals surface area contributed by atoms with Crippen molar-refractivity contribution in [3.05, 3.63) is 70.6 Å². The maximum atomic E-state index is 13.1. The second-order valence-corrected chi connectivity index (χ2v) is 7.90. The van der Waals surface area contributed by atoms with Crippen LogP contribution in [0.4, 0.5) is 0 Å². The average Bonchev–Trinajstić information content (AvgIpc) is 3.25. The molecule has 1 aromatic heterocycles. The zero-order valence-corrected chi connectivity index (χ0v) is 18.6. The lowest BCUT2D eigenvalue weighted by Crippen LogP contribution is -2.00. The molecule has 0 unspecified atom stereocenters. The Balaban J connectivity index is 1.70. The van der Waals surface area contributed by atoms with Gasteiger partial charge in [-0.3, -0.25) is 4.79 Å². The van der Waals surface area contributed by atoms with Gasteiger partial charge < -0.3 is 18.8 Å². The number of carbonyl (C=O) groups is 1. The molecule has 4 rings (SSSR count). The Morgan fingerprint density at radius 1 is 1.16 bits per heavy atom. The molecule has 0 fully saturated rings. The summed E-state index contributed by atoms with van der Waals surface area (Å²) in [4.78, 5) is 13.1. The normalized spacial score (nSPS) is 14.0. The highest BCUT2D eigenvalue weighted by Gasteiger charge is 2.30. The summed E-state index contributed by atoms with van der Waals surface area (Å²) < 4.78 is 19.3. The molecule has 0 radical (unpaired) electrons. The van der Waals surface area contributed by atoms with Gasteiger partial charge in [-0.05, 0) is 69.7 Å². The zero-order valence-electron chi connectivity index (χ0n) is 18.6. The third-order valence-corrected chi connectivity index (χ3v) is 5.43. The van der Waals surface area contributed by atoms with Gasteiger partial charge in [-0.1, -0.05) is 5.57 Å². The van der Waals surface area contributed by atoms with Gasteiger partial charge in [0.2, 0.25) is 5.78 Å². The topological polar surface area (TPSA) is 49.7 Å². The predicted octanol–water partition coefficient (Wildman–Crippen LogP) is 5.94. The quantitative estimate of drug-likeness (QED) is 0.368. The maximum Gasteiger partial charge on any atom is 0.232 e. The number of Topliss-reactive ketones (excluding diaryl/α,β-unsaturated/α-hetero) is 1. The largest absolute Gasteiger partial charge is 0.497 e. The summed E-state index contributed by atoms with van der Waals surface area (Å²) >= 11 is 0. The van der Waals surface area contributed by atoms with Crippen LogP contribution in [0, 0.1) is 6.92 Å². The fourth-order valence-electron chi connectivity index (χ4n) is 3.81. The van der Waals surface area contributed by atoms with Gasteiger partial charge in [-0.2, -0.15) is 0 Å². The van der Waals surface area contributed by atoms with E-state index in [0.29, 0.717) is 29.4 Å². The van der Waals surface area contributed by atoms with Crippen molar-refractivity contribution in [3.63, 3.8) is 0 Å². The SMILES string of the molecule is CCn1cc(/C=C2\Oc3cc(OCC=C(C)C)cc(C)c3C2=O)c2cc(OC)ccc21. The minimum absolute atomic E-state index is 0.108. The number of hydrogen-bond acceptors (Lipinski definition) is 4. The van der Waals surface area contributed by atoms with E-state index in [2.05, 4.69) is 11.5 Å². The molecule has 31 heavy (non-hydrogen) atoms. The molecule has 2 aromatic carbocycles. The molecule has 0 spiro atoms. The minimum Gasteiger partial charge on any atom is -0.497 e. The van der Waals surface area contributed by atoms with Crippen LogP contribution in [0.2, 0.25) is 0 Å². The molecule has 1 aliphatic rings. The molecule has 0 amide bonds. The van der Waals surface area contributed by atoms with Crippen molar-refractivity contribution in [1.82, 2.24) is 4.57 Å². The number of carbonyl (C=O) groups excluding carboxylic acids is 1. The number of allylic oxidation sites excluding steroid dienone is 2. The summed E-state index contributed by atoms with van der Waals surface area (Å²) in [5.41, 5.74) is 4.64. The van der Waals surface area contributed by atoms with Crippen LogP contribution in [-0.4, -0.2) is 24.1 Å². The highest BCUT2D eigenvalue weighted by Crippen LogP contribution is 2.38. The van der Waals surface area contributed by atoms with Gasteiger partial charge in [-0.15, -0.1) is 0 Å². The molecule has 0 atom stereocenters. The van der Waals surface area contributed by atoms with Crippen molar-refractivity contribution in [1.29, 1.82) is 0 Å². The molecule has 5 heteroatoms. The third-order valence-electron chi connectivity index (χ3n) is 5.43. The van der Waals surface area contributed by atoms with E-state index in [4.69, 9.17) is 14.2 Å². The summed E-state index contributed by atoms with van der Waals surface area (Å²) in [7, 11) is 1.65. The van der Waals surface area contributed by atoms with E-state index >= 15 is 0 Å². The number of aryl methyl sites for hydroxylation is 2. The van der Waals surface area contributed by atoms with Gasteiger partial charge in [0, 0.05) is 35.3 Å². The molecule has 0 N–H and O–H groups in total. The highest BCUT2D eigenvalue weighted by atomic mass is 16.5. The number of nitrogens with zero attached hydrogens (tertiary/aromatic N) is 1. The number of ether oxygens (including phenoxy) is 3. The summed E-state index contributed by atoms with van der Waals surface area (Å²) in [5, 5.41) is 1.02. The number of rotatable bonds is 6. The summed E-state index contributed by atoms with van der Waals surface area (Å²) in [5.74, 6) is 2.22. The molecule has 160 valence electrons. The number of aromatic nitrogens is 1. The fourth-order valence-corrected chi connectivity index (χ4v) is 3.81. The Bertz CT molecular complexity index is 1230. The van der Waals surface area contributed by atoms with Crippen LogP contribution in [0.3, 0.4) is 0 Å². The molecule has 0 aliphatic carbocycles. The first-order valence-corrected chi connectivity index (χ1v) is 10.4. The zero-order chi connectivity index (χ0) is 22.1. The Labute approximate surface area is 182 Å². The molecule has 1 aliphatic heterocycles. The van der Waals surface area contributed by atoms with Crippen molar-refractivity contribution >= 4 is 22.8 Å². The Kier molecular flexibility index (Phi) is 5.59. The molecule has 2 heterocycles. The summed E-state index contributed by atoms with van der Waals surface area (Å²) in [6.07, 6.45) is 5.87. The summed E-state index contributed by atoms with van der Waals surface area (Å²) in [6, 6.07) is 9.64. The predicted molar refractivity (Wildman–Crippen MR) is 123 cm³/mol. The first-order valence-electron chi connectivity index (χ1n) is 10.4. The van der Waals surface area contributed by atoms with E-state index in [1.165, 1.54) is 5.57 Å². The van der Waals surface area contributed by atoms with E-state index < -0.39 is 0 Å². The van der Waals surface area contributed by atoms with Crippen LogP contribution in [0.5, 0.6) is 17.2 Å². The van der Waals surface area contributed by atoms with E-state index in [-0.39, 0.29) is 5.78 Å². The lowest BCUT2D eigenvalue weighted by atomic mass is 10.0. The lowest BCUT2D eigenvalue weighted by Gasteiger charge is -2.07. The van der Waals surface area contributed by atoms with Crippen LogP contribution in [0.15, 0.2) is 53.9 Å². The van der Waals surface area contributed by atoms with Gasteiger partial charge in [0.15, 0.2) is 5.76 Å². The van der Waals surface area contributed by atoms with Crippen LogP contribution in [0.25, 0.3) is 17.0 Å². The smallest absolute Gasteiger partial charge is 0.232 e. The first kappa shape index (κ1) is 20.8. The molecular weight excluding hydrogens is 390 g/mol. The number of methoxy groups -OCH3 is 1. The van der Waals surface area contributed by atoms with Crippen LogP contribution >= 0.6 is 0 Å². The highest BCUT2D eigenvalue weighted by molar-refractivity contribution is 6.16. The van der Waals surface area contributed by atoms with Crippen molar-refractivity contribution in [2.75, 3.05) is 13.7 Å². The van der Waals surface area contributed by atoms with Crippen molar-refractivity contribution < 1.29 is 19.0 Å². The van der Waals surface area contributed by atoms with Crippen LogP contribution < -0.4 is 14.2 Å². The molecule has 5 nitrogen and oxygen atoms in total. The molecular formula is C26H27NO4. The number of fused-ring (bicyclic) bond motifs is 2. The van der Waals surface area contributed by atoms with Gasteiger partial charge in [0.1, 0.15) is 23.9 Å². The standard InChI is InChI=1S/C26H27NO4/c1-6-27-15-18(21-13-19(29-5)7-8-22(21)27)12-24-26(28)25-17(4)11-20(14-23(25)31-24)30-10-9-16(2)3/h7-9,11-15H,6,10H2,1-5H3/b24-12-. The second kappa shape index (κ2) is 8.34. The van der Waals surface area contributed by atoms with Gasteiger partial charge in [0.25, 0.3) is 0 Å². The average molecular weight is 418 g/mol. The second-order valence-electron chi connectivity index (χ2n) is 7.90. The van der Waals surface area contributed by atoms with Gasteiger partial charge in [-0.25, -0.2) is 0 Å². The number of hydrogen-bond donors (Lipinski definition) is 0. The fraction of sp³-hybridized carbons (Fsp3) is 0.269. The van der Waals surface area contributed by atoms with Crippen LogP contribution in [-0.2, 0) is 6.54 Å². The van der Waals surface area contributed by atoms with Crippen molar-refractivity contribution in [2.45, 2.75) is 34.2 Å². The third kappa shape index (κ3) is 3.96. The minimum atomic E-state index is -0.108. The first-order chi connectivity index (χ1) is 14.9. The number of benzene rings is 2. The number of ketones is 1. The van der Waals surface area contributed by atoms with E-state index in [0.717, 1.165) is 34.3 Å².